The number of nitrogens with zero attached hydrogens (tertiary/aromatic N) is 4. The van der Waals surface area contributed by atoms with Gasteiger partial charge in [0.1, 0.15) is 12.7 Å². The van der Waals surface area contributed by atoms with Crippen molar-refractivity contribution >= 4 is 10.9 Å². The maximum absolute atomic E-state index is 10.2. The number of aliphatic hydroxyl groups is 1. The molecule has 0 bridgehead atoms. The molecule has 1 fully saturated rings. The minimum absolute atomic E-state index is 0.216. The maximum Gasteiger partial charge on any atom is 0.138 e. The highest BCUT2D eigenvalue weighted by Crippen LogP contribution is 2.36. The largest absolute Gasteiger partial charge is 0.393 e. The molecule has 2 atom stereocenters. The van der Waals surface area contributed by atoms with Gasteiger partial charge in [-0.3, -0.25) is 4.90 Å². The standard InChI is InChI=1S/C18H23N5O/c1-2-6-22-7-5-14(24)9-18(22)16-10-20-17-4-3-13(8-15(16)17)23-12-19-11-21-23/h3-4,8,10-12,14,18,20,24H,2,5-7,9H2,1H3. The Bertz CT molecular complexity index is 810. The first-order valence-corrected chi connectivity index (χ1v) is 8.64. The van der Waals surface area contributed by atoms with E-state index in [2.05, 4.69) is 45.2 Å². The summed E-state index contributed by atoms with van der Waals surface area (Å²) in [6, 6.07) is 6.53. The van der Waals surface area contributed by atoms with Gasteiger partial charge in [0.25, 0.3) is 0 Å². The molecule has 2 aromatic heterocycles. The van der Waals surface area contributed by atoms with Gasteiger partial charge in [0.15, 0.2) is 0 Å². The SMILES string of the molecule is CCCN1CCC(O)CC1c1c[nH]c2ccc(-n3cncn3)cc12. The van der Waals surface area contributed by atoms with Crippen LogP contribution in [-0.4, -0.2) is 48.9 Å². The minimum Gasteiger partial charge on any atom is -0.393 e. The van der Waals surface area contributed by atoms with E-state index in [1.165, 1.54) is 10.9 Å². The van der Waals surface area contributed by atoms with E-state index in [0.29, 0.717) is 0 Å². The highest BCUT2D eigenvalue weighted by molar-refractivity contribution is 5.85. The number of aliphatic hydroxyl groups excluding tert-OH is 1. The third-order valence-electron chi connectivity index (χ3n) is 4.94. The smallest absolute Gasteiger partial charge is 0.138 e. The molecule has 0 saturated carbocycles. The van der Waals surface area contributed by atoms with Gasteiger partial charge >= 0.3 is 0 Å². The third kappa shape index (κ3) is 2.72. The summed E-state index contributed by atoms with van der Waals surface area (Å²) in [6.45, 7) is 4.22. The van der Waals surface area contributed by atoms with Crippen molar-refractivity contribution in [3.63, 3.8) is 0 Å². The fourth-order valence-electron chi connectivity index (χ4n) is 3.76. The number of nitrogens with one attached hydrogen (secondary N) is 1. The van der Waals surface area contributed by atoms with Gasteiger partial charge in [-0.1, -0.05) is 6.92 Å². The van der Waals surface area contributed by atoms with E-state index in [-0.39, 0.29) is 12.1 Å². The van der Waals surface area contributed by atoms with Crippen LogP contribution in [0.25, 0.3) is 16.6 Å². The Balaban J connectivity index is 1.76. The molecule has 6 nitrogen and oxygen atoms in total. The summed E-state index contributed by atoms with van der Waals surface area (Å²) in [6.07, 6.45) is 7.92. The molecule has 6 heteroatoms. The van der Waals surface area contributed by atoms with Crippen molar-refractivity contribution in [2.75, 3.05) is 13.1 Å². The number of H-pyrrole nitrogens is 1. The molecule has 0 amide bonds. The number of likely N-dealkylation sites (tertiary alicyclic amines) is 1. The number of aromatic amines is 1. The number of hydrogen-bond acceptors (Lipinski definition) is 4. The first kappa shape index (κ1) is 15.4. The van der Waals surface area contributed by atoms with Crippen molar-refractivity contribution in [2.24, 2.45) is 0 Å². The number of fused-ring (bicyclic) bond motifs is 1. The lowest BCUT2D eigenvalue weighted by Gasteiger charge is -2.37. The Hall–Kier alpha value is -2.18. The van der Waals surface area contributed by atoms with Gasteiger partial charge in [0.05, 0.1) is 11.8 Å². The normalized spacial score (nSPS) is 22.2. The average Bonchev–Trinajstić information content (AvgIpc) is 3.25. The zero-order valence-electron chi connectivity index (χ0n) is 13.9. The van der Waals surface area contributed by atoms with Crippen molar-refractivity contribution in [3.8, 4) is 5.69 Å². The second-order valence-corrected chi connectivity index (χ2v) is 6.54. The molecule has 126 valence electrons. The minimum atomic E-state index is -0.216. The lowest BCUT2D eigenvalue weighted by Crippen LogP contribution is -2.39. The van der Waals surface area contributed by atoms with Crippen LogP contribution in [0.3, 0.4) is 0 Å². The summed E-state index contributed by atoms with van der Waals surface area (Å²) in [5.41, 5.74) is 3.38. The Kier molecular flexibility index (Phi) is 4.08. The second-order valence-electron chi connectivity index (χ2n) is 6.54. The molecule has 1 aliphatic heterocycles. The molecule has 0 radical (unpaired) electrons. The van der Waals surface area contributed by atoms with Crippen LogP contribution in [0.15, 0.2) is 37.1 Å². The molecule has 4 rings (SSSR count). The first-order chi connectivity index (χ1) is 11.8. The molecule has 1 aromatic carbocycles. The van der Waals surface area contributed by atoms with Gasteiger partial charge in [-0.05, 0) is 49.6 Å². The highest BCUT2D eigenvalue weighted by atomic mass is 16.3. The Labute approximate surface area is 141 Å². The molecule has 24 heavy (non-hydrogen) atoms. The fourth-order valence-corrected chi connectivity index (χ4v) is 3.76. The van der Waals surface area contributed by atoms with Crippen LogP contribution in [0.4, 0.5) is 0 Å². The third-order valence-corrected chi connectivity index (χ3v) is 4.94. The summed E-state index contributed by atoms with van der Waals surface area (Å²) in [5, 5.41) is 15.6. The van der Waals surface area contributed by atoms with Crippen LogP contribution in [0.1, 0.15) is 37.8 Å². The lowest BCUT2D eigenvalue weighted by atomic mass is 9.92. The van der Waals surface area contributed by atoms with Crippen LogP contribution in [0.2, 0.25) is 0 Å². The number of piperidine rings is 1. The van der Waals surface area contributed by atoms with E-state index in [0.717, 1.165) is 43.6 Å². The molecule has 2 N–H and O–H groups in total. The quantitative estimate of drug-likeness (QED) is 0.774. The Morgan fingerprint density at radius 1 is 1.38 bits per heavy atom. The van der Waals surface area contributed by atoms with E-state index in [9.17, 15) is 5.11 Å². The lowest BCUT2D eigenvalue weighted by molar-refractivity contribution is 0.0414. The van der Waals surface area contributed by atoms with Crippen molar-refractivity contribution < 1.29 is 5.11 Å². The molecular weight excluding hydrogens is 302 g/mol. The molecule has 1 saturated heterocycles. The van der Waals surface area contributed by atoms with Gasteiger partial charge in [0.2, 0.25) is 0 Å². The summed E-state index contributed by atoms with van der Waals surface area (Å²) in [7, 11) is 0. The maximum atomic E-state index is 10.2. The topological polar surface area (TPSA) is 70.0 Å². The molecule has 2 unspecified atom stereocenters. The van der Waals surface area contributed by atoms with Gasteiger partial charge in [-0.25, -0.2) is 9.67 Å². The first-order valence-electron chi connectivity index (χ1n) is 8.64. The van der Waals surface area contributed by atoms with E-state index in [1.54, 1.807) is 17.3 Å². The van der Waals surface area contributed by atoms with Crippen LogP contribution in [0, 0.1) is 0 Å². The number of benzene rings is 1. The average molecular weight is 325 g/mol. The van der Waals surface area contributed by atoms with Crippen LogP contribution >= 0.6 is 0 Å². The van der Waals surface area contributed by atoms with Crippen molar-refractivity contribution in [1.82, 2.24) is 24.6 Å². The number of aromatic nitrogens is 4. The molecule has 0 spiro atoms. The zero-order chi connectivity index (χ0) is 16.5. The van der Waals surface area contributed by atoms with E-state index in [1.807, 2.05) is 6.07 Å². The summed E-state index contributed by atoms with van der Waals surface area (Å²) in [4.78, 5) is 9.91. The predicted molar refractivity (Wildman–Crippen MR) is 93.1 cm³/mol. The van der Waals surface area contributed by atoms with Crippen molar-refractivity contribution in [3.05, 3.63) is 42.6 Å². The Morgan fingerprint density at radius 3 is 3.08 bits per heavy atom. The predicted octanol–water partition coefficient (Wildman–Crippen LogP) is 2.66. The second kappa shape index (κ2) is 6.37. The van der Waals surface area contributed by atoms with E-state index < -0.39 is 0 Å². The van der Waals surface area contributed by atoms with Crippen molar-refractivity contribution in [2.45, 2.75) is 38.3 Å². The summed E-state index contributed by atoms with van der Waals surface area (Å²) < 4.78 is 1.77. The van der Waals surface area contributed by atoms with Crippen LogP contribution < -0.4 is 0 Å². The van der Waals surface area contributed by atoms with Gasteiger partial charge in [0, 0.05) is 29.7 Å². The van der Waals surface area contributed by atoms with Crippen LogP contribution in [-0.2, 0) is 0 Å². The van der Waals surface area contributed by atoms with Crippen molar-refractivity contribution in [1.29, 1.82) is 0 Å². The fraction of sp³-hybridized carbons (Fsp3) is 0.444. The van der Waals surface area contributed by atoms with Gasteiger partial charge < -0.3 is 10.1 Å². The molecule has 3 aromatic rings. The molecular formula is C18H23N5O. The summed E-state index contributed by atoms with van der Waals surface area (Å²) in [5.74, 6) is 0. The molecule has 3 heterocycles. The number of hydrogen-bond donors (Lipinski definition) is 2. The zero-order valence-corrected chi connectivity index (χ0v) is 13.9. The molecule has 0 aliphatic carbocycles. The van der Waals surface area contributed by atoms with Crippen LogP contribution in [0.5, 0.6) is 0 Å². The number of rotatable bonds is 4. The summed E-state index contributed by atoms with van der Waals surface area (Å²) >= 11 is 0. The van der Waals surface area contributed by atoms with E-state index in [4.69, 9.17) is 0 Å². The Morgan fingerprint density at radius 2 is 2.29 bits per heavy atom. The van der Waals surface area contributed by atoms with Gasteiger partial charge in [-0.15, -0.1) is 0 Å². The molecule has 1 aliphatic rings. The monoisotopic (exact) mass is 325 g/mol. The van der Waals surface area contributed by atoms with E-state index >= 15 is 0 Å². The van der Waals surface area contributed by atoms with Gasteiger partial charge in [-0.2, -0.15) is 5.10 Å². The highest BCUT2D eigenvalue weighted by Gasteiger charge is 2.29.